The summed E-state index contributed by atoms with van der Waals surface area (Å²) >= 11 is 0. The van der Waals surface area contributed by atoms with Gasteiger partial charge in [0.2, 0.25) is 5.91 Å². The summed E-state index contributed by atoms with van der Waals surface area (Å²) < 4.78 is 23.5. The maximum atomic E-state index is 12.9. The maximum absolute atomic E-state index is 12.9. The largest absolute Gasteiger partial charge is 0.350 e. The number of amides is 1. The lowest BCUT2D eigenvalue weighted by Gasteiger charge is -2.33. The molecule has 0 spiro atoms. The first kappa shape index (κ1) is 20.0. The Bertz CT molecular complexity index is 931. The smallest absolute Gasteiger partial charge is 0.269 e. The zero-order valence-electron chi connectivity index (χ0n) is 15.2. The van der Waals surface area contributed by atoms with Gasteiger partial charge in [0, 0.05) is 31.8 Å². The van der Waals surface area contributed by atoms with Crippen LogP contribution in [0.2, 0.25) is 0 Å². The molecule has 8 nitrogen and oxygen atoms in total. The van der Waals surface area contributed by atoms with Crippen LogP contribution in [0, 0.1) is 10.1 Å². The molecule has 0 aliphatic carbocycles. The first-order valence-electron chi connectivity index (χ1n) is 8.86. The minimum absolute atomic E-state index is 0.00763. The van der Waals surface area contributed by atoms with Gasteiger partial charge < -0.3 is 5.32 Å². The molecule has 28 heavy (non-hydrogen) atoms. The molecule has 0 bridgehead atoms. The fraction of sp³-hybridized carbons (Fsp3) is 0.316. The molecule has 9 heteroatoms. The summed E-state index contributed by atoms with van der Waals surface area (Å²) in [4.78, 5) is 25.1. The highest BCUT2D eigenvalue weighted by atomic mass is 32.2. The number of nitro groups is 1. The molecular formula is C19H21N3O5S. The van der Waals surface area contributed by atoms with Gasteiger partial charge in [0.1, 0.15) is 6.04 Å². The average Bonchev–Trinajstić information content (AvgIpc) is 2.69. The predicted molar refractivity (Wildman–Crippen MR) is 104 cm³/mol. The van der Waals surface area contributed by atoms with Crippen molar-refractivity contribution in [3.63, 3.8) is 0 Å². The number of nitro benzene ring substituents is 1. The lowest BCUT2D eigenvalue weighted by Crippen LogP contribution is -2.47. The second-order valence-corrected chi connectivity index (χ2v) is 8.95. The first-order valence-corrected chi connectivity index (χ1v) is 10.7. The van der Waals surface area contributed by atoms with Gasteiger partial charge in [-0.2, -0.15) is 0 Å². The van der Waals surface area contributed by atoms with Crippen LogP contribution in [-0.2, 0) is 21.2 Å². The number of sulfone groups is 1. The molecule has 2 aromatic rings. The number of non-ortho nitro benzene ring substituents is 1. The molecule has 1 aliphatic heterocycles. The monoisotopic (exact) mass is 403 g/mol. The highest BCUT2D eigenvalue weighted by molar-refractivity contribution is 7.91. The molecule has 0 saturated carbocycles. The summed E-state index contributed by atoms with van der Waals surface area (Å²) in [5.41, 5.74) is 1.53. The van der Waals surface area contributed by atoms with Crippen molar-refractivity contribution < 1.29 is 18.1 Å². The fourth-order valence-corrected chi connectivity index (χ4v) is 4.40. The quantitative estimate of drug-likeness (QED) is 0.581. The summed E-state index contributed by atoms with van der Waals surface area (Å²) in [5.74, 6) is -0.165. The number of carbonyl (C=O) groups is 1. The number of hydrogen-bond acceptors (Lipinski definition) is 6. The summed E-state index contributed by atoms with van der Waals surface area (Å²) in [7, 11) is -3.05. The van der Waals surface area contributed by atoms with Crippen molar-refractivity contribution in [1.29, 1.82) is 0 Å². The highest BCUT2D eigenvalue weighted by Crippen LogP contribution is 2.23. The van der Waals surface area contributed by atoms with Gasteiger partial charge in [-0.1, -0.05) is 42.5 Å². The minimum Gasteiger partial charge on any atom is -0.350 e. The molecule has 1 unspecified atom stereocenters. The van der Waals surface area contributed by atoms with Gasteiger partial charge in [-0.05, 0) is 11.1 Å². The molecule has 0 radical (unpaired) electrons. The number of hydrogen-bond donors (Lipinski definition) is 1. The van der Waals surface area contributed by atoms with Crippen molar-refractivity contribution in [2.45, 2.75) is 12.6 Å². The van der Waals surface area contributed by atoms with E-state index < -0.39 is 20.8 Å². The van der Waals surface area contributed by atoms with E-state index in [1.54, 1.807) is 12.1 Å². The van der Waals surface area contributed by atoms with Crippen molar-refractivity contribution >= 4 is 21.4 Å². The predicted octanol–water partition coefficient (Wildman–Crippen LogP) is 1.68. The Balaban J connectivity index is 1.72. The Morgan fingerprint density at radius 2 is 1.68 bits per heavy atom. The van der Waals surface area contributed by atoms with Crippen LogP contribution in [0.4, 0.5) is 5.69 Å². The SMILES string of the molecule is O=C(NCc1ccc([N+](=O)[O-])cc1)C(c1ccccc1)N1CCS(=O)(=O)CC1. The number of rotatable bonds is 6. The van der Waals surface area contributed by atoms with Crippen LogP contribution in [0.5, 0.6) is 0 Å². The van der Waals surface area contributed by atoms with Gasteiger partial charge in [-0.3, -0.25) is 19.8 Å². The molecule has 1 aliphatic rings. The summed E-state index contributed by atoms with van der Waals surface area (Å²) in [6.07, 6.45) is 0. The van der Waals surface area contributed by atoms with Crippen molar-refractivity contribution in [1.82, 2.24) is 10.2 Å². The van der Waals surface area contributed by atoms with Crippen LogP contribution in [0.15, 0.2) is 54.6 Å². The van der Waals surface area contributed by atoms with Gasteiger partial charge in [-0.15, -0.1) is 0 Å². The summed E-state index contributed by atoms with van der Waals surface area (Å²) in [6, 6.07) is 14.6. The fourth-order valence-electron chi connectivity index (χ4n) is 3.17. The van der Waals surface area contributed by atoms with Crippen molar-refractivity contribution in [3.05, 3.63) is 75.8 Å². The van der Waals surface area contributed by atoms with Crippen molar-refractivity contribution in [3.8, 4) is 0 Å². The second-order valence-electron chi connectivity index (χ2n) is 6.64. The van der Waals surface area contributed by atoms with Crippen LogP contribution in [0.1, 0.15) is 17.2 Å². The van der Waals surface area contributed by atoms with Crippen molar-refractivity contribution in [2.24, 2.45) is 0 Å². The minimum atomic E-state index is -3.05. The zero-order valence-corrected chi connectivity index (χ0v) is 16.0. The third-order valence-corrected chi connectivity index (χ3v) is 6.33. The van der Waals surface area contributed by atoms with E-state index in [2.05, 4.69) is 5.32 Å². The molecule has 1 atom stereocenters. The van der Waals surface area contributed by atoms with E-state index in [0.717, 1.165) is 11.1 Å². The normalized spacial score (nSPS) is 17.6. The third-order valence-electron chi connectivity index (χ3n) is 4.72. The van der Waals surface area contributed by atoms with Crippen molar-refractivity contribution in [2.75, 3.05) is 24.6 Å². The van der Waals surface area contributed by atoms with Gasteiger partial charge in [-0.25, -0.2) is 8.42 Å². The van der Waals surface area contributed by atoms with E-state index in [1.165, 1.54) is 12.1 Å². The van der Waals surface area contributed by atoms with E-state index in [1.807, 2.05) is 35.2 Å². The highest BCUT2D eigenvalue weighted by Gasteiger charge is 2.32. The molecule has 0 aromatic heterocycles. The van der Waals surface area contributed by atoms with E-state index in [0.29, 0.717) is 13.1 Å². The van der Waals surface area contributed by atoms with E-state index in [-0.39, 0.29) is 29.6 Å². The molecule has 1 heterocycles. The molecule has 1 amide bonds. The second kappa shape index (κ2) is 8.49. The number of carbonyl (C=O) groups excluding carboxylic acids is 1. The van der Waals surface area contributed by atoms with E-state index in [9.17, 15) is 23.3 Å². The van der Waals surface area contributed by atoms with Gasteiger partial charge in [0.05, 0.1) is 16.4 Å². The number of nitrogens with one attached hydrogen (secondary N) is 1. The molecule has 1 saturated heterocycles. The van der Waals surface area contributed by atoms with Crippen LogP contribution < -0.4 is 5.32 Å². The van der Waals surface area contributed by atoms with Gasteiger partial charge in [0.15, 0.2) is 9.84 Å². The van der Waals surface area contributed by atoms with Gasteiger partial charge >= 0.3 is 0 Å². The van der Waals surface area contributed by atoms with Crippen LogP contribution >= 0.6 is 0 Å². The van der Waals surface area contributed by atoms with Crippen LogP contribution in [0.3, 0.4) is 0 Å². The molecule has 1 N–H and O–H groups in total. The van der Waals surface area contributed by atoms with E-state index >= 15 is 0 Å². The summed E-state index contributed by atoms with van der Waals surface area (Å²) in [6.45, 7) is 0.825. The Hall–Kier alpha value is -2.78. The number of nitrogens with zero attached hydrogens (tertiary/aromatic N) is 2. The summed E-state index contributed by atoms with van der Waals surface area (Å²) in [5, 5.41) is 13.6. The lowest BCUT2D eigenvalue weighted by molar-refractivity contribution is -0.384. The Labute approximate surface area is 163 Å². The zero-order chi connectivity index (χ0) is 20.1. The lowest BCUT2D eigenvalue weighted by atomic mass is 10.0. The first-order chi connectivity index (χ1) is 13.4. The number of benzene rings is 2. The molecule has 1 fully saturated rings. The average molecular weight is 403 g/mol. The Morgan fingerprint density at radius 1 is 1.07 bits per heavy atom. The Morgan fingerprint density at radius 3 is 2.25 bits per heavy atom. The molecular weight excluding hydrogens is 382 g/mol. The van der Waals surface area contributed by atoms with Crippen LogP contribution in [-0.4, -0.2) is 48.7 Å². The van der Waals surface area contributed by atoms with E-state index in [4.69, 9.17) is 0 Å². The third kappa shape index (κ3) is 4.93. The maximum Gasteiger partial charge on any atom is 0.269 e. The standard InChI is InChI=1S/C19H21N3O5S/c23-19(20-14-15-6-8-17(9-7-15)22(24)25)18(16-4-2-1-3-5-16)21-10-12-28(26,27)13-11-21/h1-9,18H,10-14H2,(H,20,23). The van der Waals surface area contributed by atoms with Gasteiger partial charge in [0.25, 0.3) is 5.69 Å². The topological polar surface area (TPSA) is 110 Å². The van der Waals surface area contributed by atoms with Crippen LogP contribution in [0.25, 0.3) is 0 Å². The molecule has 148 valence electrons. The molecule has 2 aromatic carbocycles. The Kier molecular flexibility index (Phi) is 6.05. The molecule has 3 rings (SSSR count).